The fourth-order valence-corrected chi connectivity index (χ4v) is 4.37. The smallest absolute Gasteiger partial charge is 0.0650 e. The van der Waals surface area contributed by atoms with Crippen molar-refractivity contribution >= 4 is 0 Å². The molecule has 2 aliphatic carbocycles. The maximum atomic E-state index is 10.4. The number of rotatable bonds is 0. The lowest BCUT2D eigenvalue weighted by atomic mass is 9.50. The largest absolute Gasteiger partial charge is 0.390 e. The van der Waals surface area contributed by atoms with Gasteiger partial charge in [0.15, 0.2) is 0 Å². The van der Waals surface area contributed by atoms with Gasteiger partial charge in [0.05, 0.1) is 5.60 Å². The van der Waals surface area contributed by atoms with Crippen molar-refractivity contribution in [3.8, 4) is 0 Å². The first-order chi connectivity index (χ1) is 6.88. The highest BCUT2D eigenvalue weighted by atomic mass is 16.3. The first-order valence-electron chi connectivity index (χ1n) is 6.60. The van der Waals surface area contributed by atoms with Gasteiger partial charge in [0, 0.05) is 0 Å². The second-order valence-corrected chi connectivity index (χ2v) is 6.60. The van der Waals surface area contributed by atoms with Gasteiger partial charge in [-0.1, -0.05) is 33.6 Å². The molecule has 0 aromatic rings. The monoisotopic (exact) mass is 210 g/mol. The Morgan fingerprint density at radius 3 is 2.40 bits per heavy atom. The van der Waals surface area contributed by atoms with Gasteiger partial charge in [0.1, 0.15) is 0 Å². The summed E-state index contributed by atoms with van der Waals surface area (Å²) in [6, 6.07) is 0. The first-order valence-corrected chi connectivity index (χ1v) is 6.60. The average Bonchev–Trinajstić information content (AvgIpc) is 2.14. The molecule has 1 nitrogen and oxygen atoms in total. The standard InChI is InChI=1S/C14H26O/c1-10-6-5-8-13(3)11(2)14(4,15)9-7-12(10)13/h10-12,15H,5-9H2,1-4H3. The van der Waals surface area contributed by atoms with E-state index >= 15 is 0 Å². The Kier molecular flexibility index (Phi) is 2.65. The zero-order valence-electron chi connectivity index (χ0n) is 10.7. The molecule has 0 aromatic carbocycles. The van der Waals surface area contributed by atoms with Gasteiger partial charge in [-0.2, -0.15) is 0 Å². The number of hydrogen-bond acceptors (Lipinski definition) is 1. The summed E-state index contributed by atoms with van der Waals surface area (Å²) in [5.41, 5.74) is -0.0400. The fraction of sp³-hybridized carbons (Fsp3) is 1.00. The van der Waals surface area contributed by atoms with Crippen LogP contribution in [0.3, 0.4) is 0 Å². The van der Waals surface area contributed by atoms with E-state index in [4.69, 9.17) is 0 Å². The minimum atomic E-state index is -0.428. The molecule has 5 atom stereocenters. The van der Waals surface area contributed by atoms with E-state index < -0.39 is 5.60 Å². The molecule has 2 aliphatic rings. The van der Waals surface area contributed by atoms with Gasteiger partial charge < -0.3 is 5.11 Å². The van der Waals surface area contributed by atoms with Crippen LogP contribution in [0, 0.1) is 23.2 Å². The van der Waals surface area contributed by atoms with Crippen molar-refractivity contribution in [3.05, 3.63) is 0 Å². The van der Waals surface area contributed by atoms with Crippen LogP contribution in [-0.2, 0) is 0 Å². The van der Waals surface area contributed by atoms with Gasteiger partial charge in [-0.05, 0) is 49.4 Å². The van der Waals surface area contributed by atoms with Gasteiger partial charge in [0.2, 0.25) is 0 Å². The molecule has 2 saturated carbocycles. The van der Waals surface area contributed by atoms with Crippen LogP contribution in [0.15, 0.2) is 0 Å². The van der Waals surface area contributed by atoms with E-state index in [1.807, 2.05) is 6.92 Å². The summed E-state index contributed by atoms with van der Waals surface area (Å²) in [6.45, 7) is 9.14. The Balaban J connectivity index is 2.28. The van der Waals surface area contributed by atoms with E-state index in [2.05, 4.69) is 20.8 Å². The highest BCUT2D eigenvalue weighted by molar-refractivity contribution is 5.02. The molecule has 0 bridgehead atoms. The molecule has 2 fully saturated rings. The molecule has 1 N–H and O–H groups in total. The average molecular weight is 210 g/mol. The highest BCUT2D eigenvalue weighted by Gasteiger charge is 2.52. The van der Waals surface area contributed by atoms with E-state index in [1.54, 1.807) is 0 Å². The van der Waals surface area contributed by atoms with Crippen molar-refractivity contribution in [1.82, 2.24) is 0 Å². The van der Waals surface area contributed by atoms with E-state index in [-0.39, 0.29) is 0 Å². The molecule has 88 valence electrons. The summed E-state index contributed by atoms with van der Waals surface area (Å²) >= 11 is 0. The second-order valence-electron chi connectivity index (χ2n) is 6.60. The Hall–Kier alpha value is -0.0400. The van der Waals surface area contributed by atoms with Gasteiger partial charge in [0.25, 0.3) is 0 Å². The maximum Gasteiger partial charge on any atom is 0.0650 e. The summed E-state index contributed by atoms with van der Waals surface area (Å²) in [6.07, 6.45) is 6.30. The van der Waals surface area contributed by atoms with E-state index in [0.29, 0.717) is 11.3 Å². The normalized spacial score (nSPS) is 56.2. The van der Waals surface area contributed by atoms with E-state index in [0.717, 1.165) is 18.3 Å². The van der Waals surface area contributed by atoms with Gasteiger partial charge in [-0.15, -0.1) is 0 Å². The minimum Gasteiger partial charge on any atom is -0.390 e. The Morgan fingerprint density at radius 2 is 1.73 bits per heavy atom. The quantitative estimate of drug-likeness (QED) is 0.647. The summed E-state index contributed by atoms with van der Waals surface area (Å²) in [4.78, 5) is 0. The third-order valence-electron chi connectivity index (χ3n) is 5.79. The molecule has 0 amide bonds. The van der Waals surface area contributed by atoms with Crippen molar-refractivity contribution < 1.29 is 5.11 Å². The predicted molar refractivity (Wildman–Crippen MR) is 63.6 cm³/mol. The van der Waals surface area contributed by atoms with Gasteiger partial charge >= 0.3 is 0 Å². The molecular weight excluding hydrogens is 184 g/mol. The van der Waals surface area contributed by atoms with Crippen LogP contribution in [0.2, 0.25) is 0 Å². The summed E-state index contributed by atoms with van der Waals surface area (Å²) < 4.78 is 0. The Morgan fingerprint density at radius 1 is 1.07 bits per heavy atom. The van der Waals surface area contributed by atoms with Crippen LogP contribution >= 0.6 is 0 Å². The number of hydrogen-bond donors (Lipinski definition) is 1. The fourth-order valence-electron chi connectivity index (χ4n) is 4.37. The third kappa shape index (κ3) is 1.63. The summed E-state index contributed by atoms with van der Waals surface area (Å²) in [5.74, 6) is 2.16. The van der Waals surface area contributed by atoms with E-state index in [1.165, 1.54) is 25.7 Å². The Bertz CT molecular complexity index is 242. The molecule has 0 radical (unpaired) electrons. The van der Waals surface area contributed by atoms with Crippen LogP contribution in [0.1, 0.15) is 59.8 Å². The molecule has 2 rings (SSSR count). The van der Waals surface area contributed by atoms with Crippen molar-refractivity contribution in [3.63, 3.8) is 0 Å². The highest BCUT2D eigenvalue weighted by Crippen LogP contribution is 2.57. The lowest BCUT2D eigenvalue weighted by Crippen LogP contribution is -2.54. The molecule has 0 aromatic heterocycles. The number of fused-ring (bicyclic) bond motifs is 1. The van der Waals surface area contributed by atoms with Crippen molar-refractivity contribution in [2.24, 2.45) is 23.2 Å². The van der Waals surface area contributed by atoms with E-state index in [9.17, 15) is 5.11 Å². The van der Waals surface area contributed by atoms with Gasteiger partial charge in [-0.3, -0.25) is 0 Å². The maximum absolute atomic E-state index is 10.4. The topological polar surface area (TPSA) is 20.2 Å². The molecule has 0 saturated heterocycles. The van der Waals surface area contributed by atoms with Crippen molar-refractivity contribution in [1.29, 1.82) is 0 Å². The third-order valence-corrected chi connectivity index (χ3v) is 5.79. The molecular formula is C14H26O. The van der Waals surface area contributed by atoms with Crippen molar-refractivity contribution in [2.75, 3.05) is 0 Å². The predicted octanol–water partition coefficient (Wildman–Crippen LogP) is 3.61. The van der Waals surface area contributed by atoms with Crippen LogP contribution in [0.5, 0.6) is 0 Å². The van der Waals surface area contributed by atoms with Gasteiger partial charge in [-0.25, -0.2) is 0 Å². The second kappa shape index (κ2) is 3.48. The van der Waals surface area contributed by atoms with Crippen molar-refractivity contribution in [2.45, 2.75) is 65.4 Å². The SMILES string of the molecule is CC1CCCC2(C)C1CCC(C)(O)C2C. The molecule has 5 unspecified atom stereocenters. The Labute approximate surface area is 94.3 Å². The molecule has 0 spiro atoms. The van der Waals surface area contributed by atoms with Crippen LogP contribution in [0.4, 0.5) is 0 Å². The summed E-state index contributed by atoms with van der Waals surface area (Å²) in [7, 11) is 0. The molecule has 1 heteroatoms. The van der Waals surface area contributed by atoms with Crippen LogP contribution in [0.25, 0.3) is 0 Å². The first kappa shape index (κ1) is 11.4. The molecule has 0 aliphatic heterocycles. The van der Waals surface area contributed by atoms with Crippen LogP contribution in [-0.4, -0.2) is 10.7 Å². The molecule has 15 heavy (non-hydrogen) atoms. The van der Waals surface area contributed by atoms with Crippen LogP contribution < -0.4 is 0 Å². The number of aliphatic hydroxyl groups is 1. The lowest BCUT2D eigenvalue weighted by molar-refractivity contribution is -0.141. The summed E-state index contributed by atoms with van der Waals surface area (Å²) in [5, 5.41) is 10.4. The molecule has 0 heterocycles. The zero-order valence-corrected chi connectivity index (χ0v) is 10.7. The zero-order chi connectivity index (χ0) is 11.3. The minimum absolute atomic E-state index is 0.388. The lowest BCUT2D eigenvalue weighted by Gasteiger charge is -2.57.